The maximum Gasteiger partial charge on any atom is 0.108 e. The van der Waals surface area contributed by atoms with Crippen LogP contribution in [0.5, 0.6) is 0 Å². The molecular weight excluding hydrogens is 116 g/mol. The zero-order chi connectivity index (χ0) is 7.33. The van der Waals surface area contributed by atoms with Crippen molar-refractivity contribution in [2.75, 3.05) is 13.7 Å². The quantitative estimate of drug-likeness (QED) is 0.416. The van der Waals surface area contributed by atoms with Crippen LogP contribution in [0.3, 0.4) is 0 Å². The minimum absolute atomic E-state index is 0.210. The lowest BCUT2D eigenvalue weighted by molar-refractivity contribution is 0.180. The molecule has 0 aromatic heterocycles. The van der Waals surface area contributed by atoms with Gasteiger partial charge in [0.25, 0.3) is 0 Å². The van der Waals surface area contributed by atoms with E-state index in [-0.39, 0.29) is 5.41 Å². The molecule has 0 saturated carbocycles. The summed E-state index contributed by atoms with van der Waals surface area (Å²) in [7, 11) is 1.49. The van der Waals surface area contributed by atoms with Gasteiger partial charge in [0.05, 0.1) is 6.54 Å². The van der Waals surface area contributed by atoms with Crippen molar-refractivity contribution in [1.82, 2.24) is 0 Å². The van der Waals surface area contributed by atoms with Gasteiger partial charge in [-0.15, -0.1) is 0 Å². The third kappa shape index (κ3) is 7.40. The van der Waals surface area contributed by atoms with E-state index in [2.05, 4.69) is 36.0 Å². The predicted molar refractivity (Wildman–Crippen MR) is 36.2 cm³/mol. The third-order valence-electron chi connectivity index (χ3n) is 0.684. The fourth-order valence-corrected chi connectivity index (χ4v) is 0.299. The molecule has 0 atom stereocenters. The van der Waals surface area contributed by atoms with Gasteiger partial charge in [-0.2, -0.15) is 5.11 Å². The molecule has 3 heteroatoms. The van der Waals surface area contributed by atoms with E-state index in [1.54, 1.807) is 0 Å². The van der Waals surface area contributed by atoms with Gasteiger partial charge in [0.15, 0.2) is 0 Å². The summed E-state index contributed by atoms with van der Waals surface area (Å²) in [6.07, 6.45) is 0. The van der Waals surface area contributed by atoms with Crippen molar-refractivity contribution >= 4 is 0 Å². The molecular formula is C6H14N2O. The van der Waals surface area contributed by atoms with Gasteiger partial charge < -0.3 is 4.84 Å². The molecule has 0 rings (SSSR count). The lowest BCUT2D eigenvalue weighted by Gasteiger charge is -2.11. The molecule has 0 amide bonds. The van der Waals surface area contributed by atoms with Crippen LogP contribution < -0.4 is 0 Å². The first-order valence-electron chi connectivity index (χ1n) is 2.96. The molecule has 0 aromatic carbocycles. The first-order chi connectivity index (χ1) is 4.06. The second-order valence-corrected chi connectivity index (χ2v) is 3.12. The van der Waals surface area contributed by atoms with Crippen LogP contribution in [0, 0.1) is 5.41 Å². The Morgan fingerprint density at radius 1 is 1.33 bits per heavy atom. The second kappa shape index (κ2) is 3.43. The summed E-state index contributed by atoms with van der Waals surface area (Å²) in [4.78, 5) is 4.40. The number of hydrogen-bond acceptors (Lipinski definition) is 3. The van der Waals surface area contributed by atoms with Crippen molar-refractivity contribution in [2.45, 2.75) is 20.8 Å². The number of rotatable bonds is 2. The zero-order valence-corrected chi connectivity index (χ0v) is 6.51. The Bertz CT molecular complexity index is 93.7. The predicted octanol–water partition coefficient (Wildman–Crippen LogP) is 2.05. The van der Waals surface area contributed by atoms with Gasteiger partial charge in [-0.3, -0.25) is 0 Å². The number of hydrogen-bond donors (Lipinski definition) is 0. The Morgan fingerprint density at radius 3 is 2.22 bits per heavy atom. The van der Waals surface area contributed by atoms with Crippen molar-refractivity contribution < 1.29 is 4.84 Å². The average molecular weight is 130 g/mol. The van der Waals surface area contributed by atoms with E-state index in [9.17, 15) is 0 Å². The van der Waals surface area contributed by atoms with Crippen molar-refractivity contribution in [3.63, 3.8) is 0 Å². The summed E-state index contributed by atoms with van der Waals surface area (Å²) in [5.41, 5.74) is 0.210. The maximum absolute atomic E-state index is 4.40. The van der Waals surface area contributed by atoms with E-state index >= 15 is 0 Å². The Kier molecular flexibility index (Phi) is 3.20. The Hall–Kier alpha value is -0.600. The van der Waals surface area contributed by atoms with Crippen LogP contribution >= 0.6 is 0 Å². The monoisotopic (exact) mass is 130 g/mol. The summed E-state index contributed by atoms with van der Waals surface area (Å²) >= 11 is 0. The largest absolute Gasteiger partial charge is 0.383 e. The molecule has 9 heavy (non-hydrogen) atoms. The van der Waals surface area contributed by atoms with Gasteiger partial charge in [0.2, 0.25) is 0 Å². The SMILES string of the molecule is CON=NCC(C)(C)C. The molecule has 3 nitrogen and oxygen atoms in total. The molecule has 0 heterocycles. The third-order valence-corrected chi connectivity index (χ3v) is 0.684. The molecule has 0 aliphatic carbocycles. The summed E-state index contributed by atoms with van der Waals surface area (Å²) in [6, 6.07) is 0. The Balaban J connectivity index is 3.38. The van der Waals surface area contributed by atoms with Crippen LogP contribution in [0.2, 0.25) is 0 Å². The van der Waals surface area contributed by atoms with Crippen LogP contribution in [0.25, 0.3) is 0 Å². The highest BCUT2D eigenvalue weighted by Gasteiger charge is 2.07. The van der Waals surface area contributed by atoms with E-state index in [1.165, 1.54) is 7.11 Å². The lowest BCUT2D eigenvalue weighted by atomic mass is 9.98. The molecule has 0 bridgehead atoms. The zero-order valence-electron chi connectivity index (χ0n) is 6.51. The Labute approximate surface area is 56.1 Å². The summed E-state index contributed by atoms with van der Waals surface area (Å²) in [6.45, 7) is 7.01. The average Bonchev–Trinajstić information content (AvgIpc) is 1.63. The summed E-state index contributed by atoms with van der Waals surface area (Å²) in [5.74, 6) is 0. The first kappa shape index (κ1) is 8.40. The summed E-state index contributed by atoms with van der Waals surface area (Å²) in [5, 5.41) is 7.15. The molecule has 0 aliphatic rings. The van der Waals surface area contributed by atoms with Crippen LogP contribution in [-0.2, 0) is 4.84 Å². The van der Waals surface area contributed by atoms with Crippen LogP contribution in [0.4, 0.5) is 0 Å². The van der Waals surface area contributed by atoms with Crippen LogP contribution in [-0.4, -0.2) is 13.7 Å². The molecule has 0 radical (unpaired) electrons. The molecule has 0 aromatic rings. The highest BCUT2D eigenvalue weighted by molar-refractivity contribution is 4.61. The summed E-state index contributed by atoms with van der Waals surface area (Å²) < 4.78 is 0. The fourth-order valence-electron chi connectivity index (χ4n) is 0.299. The van der Waals surface area contributed by atoms with Gasteiger partial charge >= 0.3 is 0 Å². The first-order valence-corrected chi connectivity index (χ1v) is 2.96. The maximum atomic E-state index is 4.40. The minimum Gasteiger partial charge on any atom is -0.383 e. The number of nitrogens with zero attached hydrogens (tertiary/aromatic N) is 2. The molecule has 0 saturated heterocycles. The van der Waals surface area contributed by atoms with Gasteiger partial charge in [0.1, 0.15) is 7.11 Å². The molecule has 0 fully saturated rings. The Morgan fingerprint density at radius 2 is 1.89 bits per heavy atom. The van der Waals surface area contributed by atoms with Gasteiger partial charge in [-0.1, -0.05) is 20.8 Å². The van der Waals surface area contributed by atoms with Crippen molar-refractivity contribution in [3.05, 3.63) is 0 Å². The smallest absolute Gasteiger partial charge is 0.108 e. The topological polar surface area (TPSA) is 34.0 Å². The van der Waals surface area contributed by atoms with Crippen LogP contribution in [0.15, 0.2) is 10.4 Å². The molecule has 0 N–H and O–H groups in total. The van der Waals surface area contributed by atoms with E-state index in [4.69, 9.17) is 0 Å². The normalized spacial score (nSPS) is 12.4. The fraction of sp³-hybridized carbons (Fsp3) is 1.00. The molecule has 0 spiro atoms. The van der Waals surface area contributed by atoms with E-state index in [0.717, 1.165) is 0 Å². The second-order valence-electron chi connectivity index (χ2n) is 3.12. The van der Waals surface area contributed by atoms with E-state index in [1.807, 2.05) is 0 Å². The van der Waals surface area contributed by atoms with E-state index in [0.29, 0.717) is 6.54 Å². The molecule has 54 valence electrons. The van der Waals surface area contributed by atoms with Crippen LogP contribution in [0.1, 0.15) is 20.8 Å². The molecule has 0 aliphatic heterocycles. The minimum atomic E-state index is 0.210. The highest BCUT2D eigenvalue weighted by atomic mass is 16.6. The highest BCUT2D eigenvalue weighted by Crippen LogP contribution is 2.12. The van der Waals surface area contributed by atoms with Gasteiger partial charge in [0, 0.05) is 5.28 Å². The standard InChI is InChI=1S/C6H14N2O/c1-6(2,3)5-7-8-9-4/h5H2,1-4H3. The van der Waals surface area contributed by atoms with E-state index < -0.39 is 0 Å². The molecule has 0 unspecified atom stereocenters. The van der Waals surface area contributed by atoms with Crippen molar-refractivity contribution in [3.8, 4) is 0 Å². The lowest BCUT2D eigenvalue weighted by Crippen LogP contribution is -2.08. The van der Waals surface area contributed by atoms with Crippen molar-refractivity contribution in [2.24, 2.45) is 15.8 Å². The van der Waals surface area contributed by atoms with Gasteiger partial charge in [-0.25, -0.2) is 0 Å². The van der Waals surface area contributed by atoms with Gasteiger partial charge in [-0.05, 0) is 5.41 Å². The van der Waals surface area contributed by atoms with Crippen molar-refractivity contribution in [1.29, 1.82) is 0 Å².